The van der Waals surface area contributed by atoms with Crippen molar-refractivity contribution in [3.05, 3.63) is 100 Å². The molecule has 5 rings (SSSR count). The molecule has 0 aliphatic carbocycles. The van der Waals surface area contributed by atoms with Crippen LogP contribution in [0.3, 0.4) is 0 Å². The summed E-state index contributed by atoms with van der Waals surface area (Å²) in [6.07, 6.45) is 5.24. The summed E-state index contributed by atoms with van der Waals surface area (Å²) >= 11 is 0. The maximum atomic E-state index is 9.01. The number of hydrogen-bond donors (Lipinski definition) is 1. The van der Waals surface area contributed by atoms with Crippen LogP contribution in [0.15, 0.2) is 71.9 Å². The lowest BCUT2D eigenvalue weighted by atomic mass is 9.93. The van der Waals surface area contributed by atoms with Gasteiger partial charge in [0.05, 0.1) is 17.2 Å². The number of para-hydroxylation sites is 2. The quantitative estimate of drug-likeness (QED) is 0.232. The van der Waals surface area contributed by atoms with E-state index in [1.165, 1.54) is 22.9 Å². The van der Waals surface area contributed by atoms with Crippen molar-refractivity contribution in [3.63, 3.8) is 0 Å². The highest BCUT2D eigenvalue weighted by atomic mass is 16.5. The maximum absolute atomic E-state index is 9.01. The number of aromatic nitrogens is 2. The molecule has 0 amide bonds. The monoisotopic (exact) mass is 437 g/mol. The van der Waals surface area contributed by atoms with Crippen LogP contribution in [0.2, 0.25) is 0 Å². The molecular formula is C28H27N3O2. The number of aryl methyl sites for hydroxylation is 2. The molecule has 5 nitrogen and oxygen atoms in total. The molecule has 0 fully saturated rings. The van der Waals surface area contributed by atoms with Gasteiger partial charge >= 0.3 is 0 Å². The van der Waals surface area contributed by atoms with E-state index in [1.54, 1.807) is 0 Å². The molecule has 4 aromatic rings. The van der Waals surface area contributed by atoms with E-state index in [9.17, 15) is 0 Å². The average molecular weight is 438 g/mol. The molecule has 0 saturated carbocycles. The first-order valence-corrected chi connectivity index (χ1v) is 11.4. The molecule has 1 aromatic heterocycles. The van der Waals surface area contributed by atoms with E-state index < -0.39 is 0 Å². The van der Waals surface area contributed by atoms with Crippen molar-refractivity contribution in [1.29, 1.82) is 0 Å². The highest BCUT2D eigenvalue weighted by Crippen LogP contribution is 2.37. The molecule has 0 bridgehead atoms. The summed E-state index contributed by atoms with van der Waals surface area (Å²) in [7, 11) is 0. The van der Waals surface area contributed by atoms with E-state index >= 15 is 0 Å². The van der Waals surface area contributed by atoms with Gasteiger partial charge < -0.3 is 14.5 Å². The third-order valence-corrected chi connectivity index (χ3v) is 6.20. The second-order valence-corrected chi connectivity index (χ2v) is 8.43. The molecule has 166 valence electrons. The molecule has 0 radical (unpaired) electrons. The topological polar surface area (TPSA) is 59.6 Å². The summed E-state index contributed by atoms with van der Waals surface area (Å²) in [5, 5.41) is 12.2. The molecule has 2 heterocycles. The van der Waals surface area contributed by atoms with E-state index in [1.807, 2.05) is 30.3 Å². The predicted octanol–water partition coefficient (Wildman–Crippen LogP) is 6.13. The second kappa shape index (κ2) is 8.94. The zero-order chi connectivity index (χ0) is 22.8. The minimum atomic E-state index is 0.486. The summed E-state index contributed by atoms with van der Waals surface area (Å²) in [6, 6.07) is 20.9. The minimum Gasteiger partial charge on any atom is -0.488 e. The van der Waals surface area contributed by atoms with Crippen molar-refractivity contribution < 1.29 is 9.94 Å². The minimum absolute atomic E-state index is 0.486. The number of allylic oxidation sites excluding steroid dienone is 1. The molecule has 0 atom stereocenters. The Hall–Kier alpha value is -3.86. The van der Waals surface area contributed by atoms with Crippen molar-refractivity contribution >= 4 is 22.8 Å². The molecule has 0 spiro atoms. The number of imidazole rings is 1. The lowest BCUT2D eigenvalue weighted by Gasteiger charge is -2.13. The van der Waals surface area contributed by atoms with Crippen LogP contribution in [0.1, 0.15) is 47.0 Å². The number of rotatable bonds is 5. The first kappa shape index (κ1) is 21.0. The van der Waals surface area contributed by atoms with Gasteiger partial charge in [-0.1, -0.05) is 54.5 Å². The van der Waals surface area contributed by atoms with Crippen molar-refractivity contribution in [2.45, 2.75) is 39.8 Å². The van der Waals surface area contributed by atoms with Gasteiger partial charge in [0.25, 0.3) is 0 Å². The number of nitrogens with zero attached hydrogens (tertiary/aromatic N) is 3. The Labute approximate surface area is 193 Å². The molecule has 33 heavy (non-hydrogen) atoms. The summed E-state index contributed by atoms with van der Waals surface area (Å²) in [5.41, 5.74) is 8.85. The van der Waals surface area contributed by atoms with Gasteiger partial charge in [0.1, 0.15) is 18.2 Å². The number of hydrogen-bond acceptors (Lipinski definition) is 4. The third kappa shape index (κ3) is 3.91. The fourth-order valence-corrected chi connectivity index (χ4v) is 4.64. The van der Waals surface area contributed by atoms with Gasteiger partial charge in [-0.15, -0.1) is 0 Å². The van der Waals surface area contributed by atoms with E-state index in [2.05, 4.69) is 60.0 Å². The van der Waals surface area contributed by atoms with Gasteiger partial charge in [0.2, 0.25) is 0 Å². The van der Waals surface area contributed by atoms with Gasteiger partial charge in [-0.3, -0.25) is 0 Å². The van der Waals surface area contributed by atoms with Crippen molar-refractivity contribution in [1.82, 2.24) is 9.55 Å². The van der Waals surface area contributed by atoms with E-state index in [4.69, 9.17) is 14.9 Å². The largest absolute Gasteiger partial charge is 0.488 e. The molecule has 3 aromatic carbocycles. The van der Waals surface area contributed by atoms with Crippen LogP contribution in [0, 0.1) is 6.92 Å². The summed E-state index contributed by atoms with van der Waals surface area (Å²) in [6.45, 7) is 5.56. The van der Waals surface area contributed by atoms with Gasteiger partial charge in [0, 0.05) is 18.5 Å². The van der Waals surface area contributed by atoms with Crippen LogP contribution in [-0.4, -0.2) is 21.0 Å². The molecule has 1 N–H and O–H groups in total. The third-order valence-electron chi connectivity index (χ3n) is 6.20. The van der Waals surface area contributed by atoms with Crippen LogP contribution in [0.5, 0.6) is 5.75 Å². The van der Waals surface area contributed by atoms with Crippen molar-refractivity contribution in [3.8, 4) is 5.75 Å². The summed E-state index contributed by atoms with van der Waals surface area (Å²) in [4.78, 5) is 4.96. The highest BCUT2D eigenvalue weighted by Gasteiger charge is 2.20. The average Bonchev–Trinajstić information content (AvgIpc) is 3.09. The van der Waals surface area contributed by atoms with Gasteiger partial charge in [-0.2, -0.15) is 0 Å². The zero-order valence-corrected chi connectivity index (χ0v) is 19.0. The zero-order valence-electron chi connectivity index (χ0n) is 19.0. The molecule has 1 aliphatic heterocycles. The molecule has 0 saturated heterocycles. The summed E-state index contributed by atoms with van der Waals surface area (Å²) < 4.78 is 8.50. The van der Waals surface area contributed by atoms with Crippen LogP contribution in [0.4, 0.5) is 0 Å². The molecule has 0 unspecified atom stereocenters. The lowest BCUT2D eigenvalue weighted by Crippen LogP contribution is -2.06. The van der Waals surface area contributed by atoms with Crippen molar-refractivity contribution in [2.24, 2.45) is 5.16 Å². The van der Waals surface area contributed by atoms with E-state index in [-0.39, 0.29) is 0 Å². The fraction of sp³-hybridized carbons (Fsp3) is 0.214. The Morgan fingerprint density at radius 2 is 1.97 bits per heavy atom. The number of oxime groups is 1. The Kier molecular flexibility index (Phi) is 5.69. The Morgan fingerprint density at radius 1 is 1.09 bits per heavy atom. The first-order chi connectivity index (χ1) is 16.2. The van der Waals surface area contributed by atoms with Crippen LogP contribution < -0.4 is 4.74 Å². The van der Waals surface area contributed by atoms with Gasteiger partial charge in [-0.25, -0.2) is 4.98 Å². The van der Waals surface area contributed by atoms with Crippen LogP contribution >= 0.6 is 0 Å². The van der Waals surface area contributed by atoms with E-state index in [0.717, 1.165) is 58.7 Å². The van der Waals surface area contributed by atoms with Crippen molar-refractivity contribution in [2.75, 3.05) is 0 Å². The number of fused-ring (bicyclic) bond motifs is 3. The van der Waals surface area contributed by atoms with E-state index in [0.29, 0.717) is 6.61 Å². The Bertz CT molecular complexity index is 1380. The molecule has 1 aliphatic rings. The normalized spacial score (nSPS) is 14.3. The molecular weight excluding hydrogens is 410 g/mol. The predicted molar refractivity (Wildman–Crippen MR) is 132 cm³/mol. The standard InChI is InChI=1S/C28H27N3O2/c1-3-7-27-30-28-19(2)8-6-10-25(28)31(27)17-20-12-13-22-21(16-20)18-33-26-11-5-4-9-24(26)23(22)14-15-29-32/h4-6,8-16,32H,3,7,17-18H2,1-2H3/b23-14?,29-15+. The molecule has 5 heteroatoms. The SMILES string of the molecule is CCCc1nc2c(C)cccc2n1Cc1ccc2c(c1)COc1ccccc1C2=C/C=N/O. The van der Waals surface area contributed by atoms with Gasteiger partial charge in [0.15, 0.2) is 0 Å². The Morgan fingerprint density at radius 3 is 2.82 bits per heavy atom. The highest BCUT2D eigenvalue weighted by molar-refractivity contribution is 5.94. The van der Waals surface area contributed by atoms with Crippen LogP contribution in [-0.2, 0) is 19.6 Å². The first-order valence-electron chi connectivity index (χ1n) is 11.4. The summed E-state index contributed by atoms with van der Waals surface area (Å²) in [5.74, 6) is 1.95. The smallest absolute Gasteiger partial charge is 0.127 e. The van der Waals surface area contributed by atoms with Crippen LogP contribution in [0.25, 0.3) is 16.6 Å². The fourth-order valence-electron chi connectivity index (χ4n) is 4.64. The number of ether oxygens (including phenoxy) is 1. The maximum Gasteiger partial charge on any atom is 0.127 e. The number of benzene rings is 3. The Balaban J connectivity index is 1.58. The van der Waals surface area contributed by atoms with Gasteiger partial charge in [-0.05, 0) is 65.4 Å². The lowest BCUT2D eigenvalue weighted by molar-refractivity contribution is 0.307. The second-order valence-electron chi connectivity index (χ2n) is 8.43.